The summed E-state index contributed by atoms with van der Waals surface area (Å²) in [4.78, 5) is 0. The summed E-state index contributed by atoms with van der Waals surface area (Å²) < 4.78 is 0. The molecule has 0 bridgehead atoms. The molecule has 2 rings (SSSR count). The van der Waals surface area contributed by atoms with Crippen molar-refractivity contribution >= 4 is 0 Å². The van der Waals surface area contributed by atoms with Crippen LogP contribution in [0.4, 0.5) is 0 Å². The highest BCUT2D eigenvalue weighted by Gasteiger charge is 2.46. The third kappa shape index (κ3) is 0.595. The van der Waals surface area contributed by atoms with E-state index >= 15 is 0 Å². The summed E-state index contributed by atoms with van der Waals surface area (Å²) in [5.41, 5.74) is 0. The molecule has 0 radical (unpaired) electrons. The highest BCUT2D eigenvalue weighted by molar-refractivity contribution is 4.95. The Morgan fingerprint density at radius 1 is 0.889 bits per heavy atom. The molecule has 0 aromatic heterocycles. The molecule has 0 aliphatic heterocycles. The van der Waals surface area contributed by atoms with Gasteiger partial charge < -0.3 is 0 Å². The molecule has 2 fully saturated rings. The topological polar surface area (TPSA) is 0 Å². The van der Waals surface area contributed by atoms with Gasteiger partial charge in [0.1, 0.15) is 0 Å². The van der Waals surface area contributed by atoms with E-state index in [4.69, 9.17) is 0 Å². The normalized spacial score (nSPS) is 56.7. The average Bonchev–Trinajstić information content (AvgIpc) is 2.30. The average molecular weight is 124 g/mol. The van der Waals surface area contributed by atoms with Crippen LogP contribution in [-0.2, 0) is 0 Å². The Kier molecular flexibility index (Phi) is 1.12. The molecular weight excluding hydrogens is 108 g/mol. The number of hydrogen-bond acceptors (Lipinski definition) is 0. The highest BCUT2D eigenvalue weighted by Crippen LogP contribution is 2.54. The largest absolute Gasteiger partial charge is 0.0620 e. The van der Waals surface area contributed by atoms with Gasteiger partial charge in [0.05, 0.1) is 0 Å². The van der Waals surface area contributed by atoms with Crippen LogP contribution in [0.1, 0.15) is 33.1 Å². The first-order chi connectivity index (χ1) is 4.30. The molecule has 0 aromatic rings. The Morgan fingerprint density at radius 2 is 1.33 bits per heavy atom. The van der Waals surface area contributed by atoms with Gasteiger partial charge in [-0.15, -0.1) is 0 Å². The minimum Gasteiger partial charge on any atom is -0.0620 e. The van der Waals surface area contributed by atoms with Gasteiger partial charge in [-0.3, -0.25) is 0 Å². The first-order valence-electron chi connectivity index (χ1n) is 4.30. The third-order valence-electron chi connectivity index (χ3n) is 3.80. The molecule has 2 aliphatic carbocycles. The molecule has 0 N–H and O–H groups in total. The van der Waals surface area contributed by atoms with Crippen molar-refractivity contribution in [3.8, 4) is 0 Å². The van der Waals surface area contributed by atoms with Gasteiger partial charge in [0, 0.05) is 0 Å². The summed E-state index contributed by atoms with van der Waals surface area (Å²) in [6, 6.07) is 0. The molecular formula is C9H16. The summed E-state index contributed by atoms with van der Waals surface area (Å²) >= 11 is 0. The van der Waals surface area contributed by atoms with Crippen molar-refractivity contribution in [1.29, 1.82) is 0 Å². The zero-order chi connectivity index (χ0) is 6.43. The van der Waals surface area contributed by atoms with Crippen molar-refractivity contribution in [2.24, 2.45) is 23.7 Å². The lowest BCUT2D eigenvalue weighted by Crippen LogP contribution is -2.39. The maximum atomic E-state index is 2.43. The van der Waals surface area contributed by atoms with Crippen LogP contribution >= 0.6 is 0 Å². The predicted octanol–water partition coefficient (Wildman–Crippen LogP) is 2.69. The Balaban J connectivity index is 2.06. The summed E-state index contributed by atoms with van der Waals surface area (Å²) in [7, 11) is 0. The van der Waals surface area contributed by atoms with Gasteiger partial charge in [-0.25, -0.2) is 0 Å². The van der Waals surface area contributed by atoms with Gasteiger partial charge in [-0.1, -0.05) is 20.3 Å². The van der Waals surface area contributed by atoms with Crippen molar-refractivity contribution in [3.05, 3.63) is 0 Å². The Labute approximate surface area is 57.6 Å². The second-order valence-electron chi connectivity index (χ2n) is 3.98. The smallest absolute Gasteiger partial charge is 0.0355 e. The lowest BCUT2D eigenvalue weighted by Gasteiger charge is -2.45. The van der Waals surface area contributed by atoms with Crippen molar-refractivity contribution in [2.75, 3.05) is 0 Å². The quantitative estimate of drug-likeness (QED) is 0.465. The fraction of sp³-hybridized carbons (Fsp3) is 1.00. The Morgan fingerprint density at radius 3 is 1.78 bits per heavy atom. The van der Waals surface area contributed by atoms with E-state index in [1.54, 1.807) is 0 Å². The molecule has 0 heterocycles. The molecule has 52 valence electrons. The van der Waals surface area contributed by atoms with Gasteiger partial charge in [-0.2, -0.15) is 0 Å². The zero-order valence-corrected chi connectivity index (χ0v) is 6.43. The van der Waals surface area contributed by atoms with Crippen molar-refractivity contribution in [1.82, 2.24) is 0 Å². The molecule has 2 saturated carbocycles. The summed E-state index contributed by atoms with van der Waals surface area (Å²) in [6.45, 7) is 4.86. The molecule has 0 saturated heterocycles. The molecule has 0 aromatic carbocycles. The van der Waals surface area contributed by atoms with E-state index in [0.29, 0.717) is 0 Å². The first-order valence-corrected chi connectivity index (χ1v) is 4.30. The van der Waals surface area contributed by atoms with Gasteiger partial charge in [-0.05, 0) is 36.5 Å². The molecule has 0 amide bonds. The maximum absolute atomic E-state index is 2.43. The van der Waals surface area contributed by atoms with Crippen molar-refractivity contribution < 1.29 is 0 Å². The van der Waals surface area contributed by atoms with E-state index in [2.05, 4.69) is 13.8 Å². The Hall–Kier alpha value is 0. The molecule has 0 nitrogen and oxygen atoms in total. The standard InChI is InChI=1S/C9H16/c1-6-7(2)9-5-3-4-8(6)9/h6-9H,3-5H2,1-2H3/t6-,7?,8?,9?/m0/s1. The minimum absolute atomic E-state index is 1.05. The zero-order valence-electron chi connectivity index (χ0n) is 6.43. The molecule has 4 atom stereocenters. The lowest BCUT2D eigenvalue weighted by atomic mass is 9.60. The monoisotopic (exact) mass is 124 g/mol. The maximum Gasteiger partial charge on any atom is -0.0355 e. The van der Waals surface area contributed by atoms with Crippen LogP contribution in [0.15, 0.2) is 0 Å². The van der Waals surface area contributed by atoms with Gasteiger partial charge in [0.25, 0.3) is 0 Å². The summed E-state index contributed by atoms with van der Waals surface area (Å²) in [5, 5.41) is 0. The highest BCUT2D eigenvalue weighted by atomic mass is 14.5. The van der Waals surface area contributed by atoms with Gasteiger partial charge in [0.2, 0.25) is 0 Å². The van der Waals surface area contributed by atoms with Gasteiger partial charge >= 0.3 is 0 Å². The molecule has 3 unspecified atom stereocenters. The van der Waals surface area contributed by atoms with E-state index < -0.39 is 0 Å². The molecule has 2 aliphatic rings. The van der Waals surface area contributed by atoms with Crippen LogP contribution in [0, 0.1) is 23.7 Å². The number of fused-ring (bicyclic) bond motifs is 1. The van der Waals surface area contributed by atoms with Gasteiger partial charge in [0.15, 0.2) is 0 Å². The van der Waals surface area contributed by atoms with Crippen LogP contribution in [0.3, 0.4) is 0 Å². The number of rotatable bonds is 0. The van der Waals surface area contributed by atoms with Crippen LogP contribution in [0.25, 0.3) is 0 Å². The van der Waals surface area contributed by atoms with Crippen LogP contribution in [0.2, 0.25) is 0 Å². The predicted molar refractivity (Wildman–Crippen MR) is 39.2 cm³/mol. The van der Waals surface area contributed by atoms with Crippen LogP contribution in [0.5, 0.6) is 0 Å². The van der Waals surface area contributed by atoms with E-state index in [-0.39, 0.29) is 0 Å². The second kappa shape index (κ2) is 1.74. The second-order valence-corrected chi connectivity index (χ2v) is 3.98. The third-order valence-corrected chi connectivity index (χ3v) is 3.80. The van der Waals surface area contributed by atoms with Crippen molar-refractivity contribution in [3.63, 3.8) is 0 Å². The number of hydrogen-bond donors (Lipinski definition) is 0. The van der Waals surface area contributed by atoms with E-state index in [1.165, 1.54) is 19.3 Å². The lowest BCUT2D eigenvalue weighted by molar-refractivity contribution is 0.0302. The SMILES string of the molecule is CC1C2CCCC2[C@H]1C. The molecule has 9 heavy (non-hydrogen) atoms. The van der Waals surface area contributed by atoms with Crippen LogP contribution in [-0.4, -0.2) is 0 Å². The van der Waals surface area contributed by atoms with Crippen LogP contribution < -0.4 is 0 Å². The fourth-order valence-corrected chi connectivity index (χ4v) is 2.96. The van der Waals surface area contributed by atoms with Crippen molar-refractivity contribution in [2.45, 2.75) is 33.1 Å². The van der Waals surface area contributed by atoms with E-state index in [9.17, 15) is 0 Å². The Bertz CT molecular complexity index is 103. The van der Waals surface area contributed by atoms with E-state index in [0.717, 1.165) is 23.7 Å². The minimum atomic E-state index is 1.05. The van der Waals surface area contributed by atoms with E-state index in [1.807, 2.05) is 0 Å². The summed E-state index contributed by atoms with van der Waals surface area (Å²) in [6.07, 6.45) is 4.59. The first kappa shape index (κ1) is 5.76. The summed E-state index contributed by atoms with van der Waals surface area (Å²) in [5.74, 6) is 4.38. The fourth-order valence-electron chi connectivity index (χ4n) is 2.96. The molecule has 0 heteroatoms. The molecule has 0 spiro atoms.